The Bertz CT molecular complexity index is 507. The Labute approximate surface area is 104 Å². The summed E-state index contributed by atoms with van der Waals surface area (Å²) < 4.78 is 1.75. The van der Waals surface area contributed by atoms with E-state index in [0.29, 0.717) is 5.56 Å². The number of aromatic nitrogens is 3. The van der Waals surface area contributed by atoms with Crippen molar-refractivity contribution in [2.45, 2.75) is 13.0 Å². The van der Waals surface area contributed by atoms with E-state index < -0.39 is 0 Å². The lowest BCUT2D eigenvalue weighted by atomic mass is 10.2. The molecule has 0 aliphatic carbocycles. The summed E-state index contributed by atoms with van der Waals surface area (Å²) in [5, 5.41) is 19.0. The highest BCUT2D eigenvalue weighted by molar-refractivity contribution is 5.94. The molecule has 1 unspecified atom stereocenters. The molecule has 6 heteroatoms. The maximum Gasteiger partial charge on any atom is 0.251 e. The van der Waals surface area contributed by atoms with Gasteiger partial charge in [-0.15, -0.1) is 10.2 Å². The van der Waals surface area contributed by atoms with Crippen molar-refractivity contribution in [2.75, 3.05) is 6.61 Å². The number of carbonyl (C=O) groups is 1. The molecule has 94 valence electrons. The Balaban J connectivity index is 2.10. The largest absolute Gasteiger partial charge is 0.394 e. The number of amides is 1. The van der Waals surface area contributed by atoms with Crippen molar-refractivity contribution in [3.8, 4) is 5.69 Å². The average Bonchev–Trinajstić information content (AvgIpc) is 2.92. The predicted octanol–water partition coefficient (Wildman–Crippen LogP) is 0.378. The van der Waals surface area contributed by atoms with Gasteiger partial charge < -0.3 is 10.4 Å². The second kappa shape index (κ2) is 5.42. The zero-order valence-corrected chi connectivity index (χ0v) is 9.95. The van der Waals surface area contributed by atoms with E-state index >= 15 is 0 Å². The molecule has 0 spiro atoms. The summed E-state index contributed by atoms with van der Waals surface area (Å²) in [7, 11) is 0. The number of aliphatic hydroxyl groups excluding tert-OH is 1. The van der Waals surface area contributed by atoms with Crippen LogP contribution in [0.3, 0.4) is 0 Å². The number of hydrogen-bond acceptors (Lipinski definition) is 4. The molecule has 0 fully saturated rings. The van der Waals surface area contributed by atoms with Crippen molar-refractivity contribution in [3.63, 3.8) is 0 Å². The maximum atomic E-state index is 11.8. The summed E-state index contributed by atoms with van der Waals surface area (Å²) in [4.78, 5) is 11.8. The molecule has 1 aromatic carbocycles. The molecule has 0 aliphatic rings. The molecular weight excluding hydrogens is 232 g/mol. The summed E-state index contributed by atoms with van der Waals surface area (Å²) in [6.45, 7) is 1.66. The lowest BCUT2D eigenvalue weighted by Gasteiger charge is -2.11. The zero-order chi connectivity index (χ0) is 13.0. The van der Waals surface area contributed by atoms with Gasteiger partial charge in [0.2, 0.25) is 0 Å². The highest BCUT2D eigenvalue weighted by Crippen LogP contribution is 2.08. The van der Waals surface area contributed by atoms with Crippen molar-refractivity contribution in [1.29, 1.82) is 0 Å². The van der Waals surface area contributed by atoms with Crippen LogP contribution in [0, 0.1) is 0 Å². The van der Waals surface area contributed by atoms with E-state index in [1.54, 1.807) is 36.3 Å². The van der Waals surface area contributed by atoms with Gasteiger partial charge in [-0.25, -0.2) is 0 Å². The van der Waals surface area contributed by atoms with Crippen LogP contribution in [0.2, 0.25) is 0 Å². The van der Waals surface area contributed by atoms with Crippen LogP contribution in [0.5, 0.6) is 0 Å². The molecule has 2 N–H and O–H groups in total. The summed E-state index contributed by atoms with van der Waals surface area (Å²) >= 11 is 0. The fourth-order valence-corrected chi connectivity index (χ4v) is 1.47. The summed E-state index contributed by atoms with van der Waals surface area (Å²) in [6.07, 6.45) is 3.17. The van der Waals surface area contributed by atoms with Crippen molar-refractivity contribution < 1.29 is 9.90 Å². The van der Waals surface area contributed by atoms with Crippen molar-refractivity contribution >= 4 is 5.91 Å². The fourth-order valence-electron chi connectivity index (χ4n) is 1.47. The minimum Gasteiger partial charge on any atom is -0.394 e. The average molecular weight is 246 g/mol. The van der Waals surface area contributed by atoms with E-state index in [1.807, 2.05) is 12.1 Å². The Morgan fingerprint density at radius 3 is 2.50 bits per heavy atom. The second-order valence-corrected chi connectivity index (χ2v) is 3.97. The topological polar surface area (TPSA) is 80.0 Å². The minimum atomic E-state index is -0.255. The molecule has 0 radical (unpaired) electrons. The van der Waals surface area contributed by atoms with Crippen molar-refractivity contribution in [1.82, 2.24) is 20.1 Å². The third-order valence-corrected chi connectivity index (χ3v) is 2.50. The summed E-state index contributed by atoms with van der Waals surface area (Å²) in [5.74, 6) is -0.202. The van der Waals surface area contributed by atoms with Gasteiger partial charge in [-0.1, -0.05) is 0 Å². The highest BCUT2D eigenvalue weighted by Gasteiger charge is 2.08. The third kappa shape index (κ3) is 2.72. The number of benzene rings is 1. The van der Waals surface area contributed by atoms with E-state index in [0.717, 1.165) is 5.69 Å². The van der Waals surface area contributed by atoms with Crippen molar-refractivity contribution in [2.24, 2.45) is 0 Å². The molecule has 0 bridgehead atoms. The molecule has 6 nitrogen and oxygen atoms in total. The molecule has 0 aliphatic heterocycles. The first-order chi connectivity index (χ1) is 8.70. The molecule has 1 heterocycles. The number of hydrogen-bond donors (Lipinski definition) is 2. The number of rotatable bonds is 4. The van der Waals surface area contributed by atoms with E-state index in [2.05, 4.69) is 15.5 Å². The number of carbonyl (C=O) groups excluding carboxylic acids is 1. The molecule has 2 rings (SSSR count). The number of nitrogens with zero attached hydrogens (tertiary/aromatic N) is 3. The third-order valence-electron chi connectivity index (χ3n) is 2.50. The smallest absolute Gasteiger partial charge is 0.251 e. The van der Waals surface area contributed by atoms with Crippen LogP contribution >= 0.6 is 0 Å². The fraction of sp³-hybridized carbons (Fsp3) is 0.250. The first-order valence-electron chi connectivity index (χ1n) is 5.57. The van der Waals surface area contributed by atoms with Gasteiger partial charge in [-0.3, -0.25) is 9.36 Å². The molecule has 18 heavy (non-hydrogen) atoms. The van der Waals surface area contributed by atoms with Gasteiger partial charge in [0.15, 0.2) is 0 Å². The predicted molar refractivity (Wildman–Crippen MR) is 65.4 cm³/mol. The van der Waals surface area contributed by atoms with Gasteiger partial charge in [0, 0.05) is 17.3 Å². The molecule has 2 aromatic rings. The maximum absolute atomic E-state index is 11.8. The van der Waals surface area contributed by atoms with Gasteiger partial charge in [0.25, 0.3) is 5.91 Å². The van der Waals surface area contributed by atoms with E-state index in [4.69, 9.17) is 5.11 Å². The number of nitrogens with one attached hydrogen (secondary N) is 1. The van der Waals surface area contributed by atoms with Crippen LogP contribution in [-0.2, 0) is 0 Å². The normalized spacial score (nSPS) is 12.1. The first-order valence-corrected chi connectivity index (χ1v) is 5.57. The highest BCUT2D eigenvalue weighted by atomic mass is 16.3. The van der Waals surface area contributed by atoms with Crippen LogP contribution in [0.25, 0.3) is 5.69 Å². The molecule has 1 aromatic heterocycles. The van der Waals surface area contributed by atoms with Gasteiger partial charge in [0.05, 0.1) is 6.61 Å². The van der Waals surface area contributed by atoms with Crippen LogP contribution in [0.15, 0.2) is 36.9 Å². The molecule has 0 saturated carbocycles. The van der Waals surface area contributed by atoms with E-state index in [9.17, 15) is 4.79 Å². The Morgan fingerprint density at radius 2 is 1.94 bits per heavy atom. The van der Waals surface area contributed by atoms with Crippen molar-refractivity contribution in [3.05, 3.63) is 42.5 Å². The van der Waals surface area contributed by atoms with E-state index in [1.165, 1.54) is 0 Å². The Kier molecular flexibility index (Phi) is 3.69. The lowest BCUT2D eigenvalue weighted by molar-refractivity contribution is 0.0922. The van der Waals surface area contributed by atoms with Crippen LogP contribution in [0.1, 0.15) is 17.3 Å². The number of aliphatic hydroxyl groups is 1. The molecule has 1 atom stereocenters. The molecule has 1 amide bonds. The first kappa shape index (κ1) is 12.3. The summed E-state index contributed by atoms with van der Waals surface area (Å²) in [5.41, 5.74) is 1.43. The van der Waals surface area contributed by atoms with Crippen LogP contribution < -0.4 is 5.32 Å². The van der Waals surface area contributed by atoms with Gasteiger partial charge in [-0.2, -0.15) is 0 Å². The van der Waals surface area contributed by atoms with Crippen LogP contribution in [0.4, 0.5) is 0 Å². The Morgan fingerprint density at radius 1 is 1.33 bits per heavy atom. The standard InChI is InChI=1S/C12H14N4O2/c1-9(6-17)15-12(18)10-2-4-11(5-3-10)16-7-13-14-8-16/h2-5,7-9,17H,6H2,1H3,(H,15,18). The zero-order valence-electron chi connectivity index (χ0n) is 9.95. The van der Waals surface area contributed by atoms with Gasteiger partial charge in [-0.05, 0) is 31.2 Å². The van der Waals surface area contributed by atoms with Crippen LogP contribution in [-0.4, -0.2) is 38.4 Å². The SMILES string of the molecule is CC(CO)NC(=O)c1ccc(-n2cnnc2)cc1. The minimum absolute atomic E-state index is 0.0788. The molecular formula is C12H14N4O2. The van der Waals surface area contributed by atoms with Gasteiger partial charge >= 0.3 is 0 Å². The lowest BCUT2D eigenvalue weighted by Crippen LogP contribution is -2.34. The Hall–Kier alpha value is -2.21. The van der Waals surface area contributed by atoms with E-state index in [-0.39, 0.29) is 18.6 Å². The second-order valence-electron chi connectivity index (χ2n) is 3.97. The summed E-state index contributed by atoms with van der Waals surface area (Å²) in [6, 6.07) is 6.79. The monoisotopic (exact) mass is 246 g/mol. The quantitative estimate of drug-likeness (QED) is 0.817. The molecule has 0 saturated heterocycles. The van der Waals surface area contributed by atoms with Gasteiger partial charge in [0.1, 0.15) is 12.7 Å².